The molecule has 10 heteroatoms. The topological polar surface area (TPSA) is 78.0 Å². The predicted molar refractivity (Wildman–Crippen MR) is 130 cm³/mol. The van der Waals surface area contributed by atoms with Crippen molar-refractivity contribution in [2.45, 2.75) is 46.6 Å². The Bertz CT molecular complexity index is 987. The van der Waals surface area contributed by atoms with E-state index in [0.29, 0.717) is 16.4 Å². The molecule has 0 aliphatic carbocycles. The van der Waals surface area contributed by atoms with Crippen LogP contribution in [0.2, 0.25) is 0 Å². The summed E-state index contributed by atoms with van der Waals surface area (Å²) in [4.78, 5) is 31.0. The molecule has 176 valence electrons. The lowest BCUT2D eigenvalue weighted by Crippen LogP contribution is -2.34. The summed E-state index contributed by atoms with van der Waals surface area (Å²) < 4.78 is 30.8. The van der Waals surface area contributed by atoms with Crippen molar-refractivity contribution in [3.05, 3.63) is 38.2 Å². The number of benzene rings is 1. The number of methoxy groups -OCH3 is 1. The number of thiazole rings is 1. The quantitative estimate of drug-likeness (QED) is 0.310. The van der Waals surface area contributed by atoms with E-state index in [1.807, 2.05) is 36.4 Å². The van der Waals surface area contributed by atoms with Gasteiger partial charge in [0.1, 0.15) is 5.60 Å². The predicted octanol–water partition coefficient (Wildman–Crippen LogP) is 5.69. The van der Waals surface area contributed by atoms with Crippen LogP contribution in [0.5, 0.6) is 5.75 Å². The second kappa shape index (κ2) is 10.3. The molecule has 7 nitrogen and oxygen atoms in total. The fourth-order valence-corrected chi connectivity index (χ4v) is 4.33. The van der Waals surface area contributed by atoms with Gasteiger partial charge in [0.15, 0.2) is 22.4 Å². The van der Waals surface area contributed by atoms with Crippen molar-refractivity contribution in [2.75, 3.05) is 25.7 Å². The van der Waals surface area contributed by atoms with Crippen LogP contribution >= 0.6 is 33.9 Å². The van der Waals surface area contributed by atoms with Gasteiger partial charge in [-0.25, -0.2) is 19.0 Å². The number of rotatable bonds is 7. The molecular formula is C22H28FIN2O5S. The lowest BCUT2D eigenvalue weighted by Gasteiger charge is -2.24. The first kappa shape index (κ1) is 26.3. The minimum absolute atomic E-state index is 0.136. The number of carbonyl (C=O) groups excluding carboxylic acids is 2. The van der Waals surface area contributed by atoms with Gasteiger partial charge in [0.25, 0.3) is 0 Å². The number of carbonyl (C=O) groups is 2. The summed E-state index contributed by atoms with van der Waals surface area (Å²) in [5.41, 5.74) is -0.996. The van der Waals surface area contributed by atoms with Gasteiger partial charge in [-0.1, -0.05) is 13.8 Å². The fraction of sp³-hybridized carbons (Fsp3) is 0.500. The number of nitrogens with zero attached hydrogens (tertiary/aromatic N) is 2. The van der Waals surface area contributed by atoms with E-state index in [2.05, 4.69) is 4.98 Å². The molecule has 0 atom stereocenters. The standard InChI is InChI=1S/C22H28FIN2O5S/c1-21(2,3)31-20(28)26(6)19-25-17(18(27)29-7)16(32-19)11-22(4,5)12-30-15-9-8-13(24)10-14(15)23/h8-10H,11-12H2,1-7H3. The monoisotopic (exact) mass is 578 g/mol. The van der Waals surface area contributed by atoms with Gasteiger partial charge in [-0.3, -0.25) is 4.90 Å². The molecule has 0 saturated heterocycles. The van der Waals surface area contributed by atoms with E-state index in [-0.39, 0.29) is 18.1 Å². The van der Waals surface area contributed by atoms with E-state index >= 15 is 0 Å². The van der Waals surface area contributed by atoms with Gasteiger partial charge >= 0.3 is 12.1 Å². The molecule has 0 saturated carbocycles. The smallest absolute Gasteiger partial charge is 0.416 e. The van der Waals surface area contributed by atoms with Gasteiger partial charge in [0.2, 0.25) is 0 Å². The van der Waals surface area contributed by atoms with Crippen molar-refractivity contribution in [3.8, 4) is 5.75 Å². The number of esters is 1. The summed E-state index contributed by atoms with van der Waals surface area (Å²) in [6.07, 6.45) is -0.172. The zero-order chi connectivity index (χ0) is 24.3. The number of hydrogen-bond acceptors (Lipinski definition) is 7. The molecule has 1 aromatic heterocycles. The Morgan fingerprint density at radius 3 is 2.44 bits per heavy atom. The molecule has 32 heavy (non-hydrogen) atoms. The summed E-state index contributed by atoms with van der Waals surface area (Å²) in [5.74, 6) is -0.858. The Morgan fingerprint density at radius 2 is 1.88 bits per heavy atom. The maximum Gasteiger partial charge on any atom is 0.416 e. The third kappa shape index (κ3) is 7.29. The van der Waals surface area contributed by atoms with Crippen molar-refractivity contribution in [2.24, 2.45) is 5.41 Å². The molecule has 2 aromatic rings. The van der Waals surface area contributed by atoms with E-state index in [1.165, 1.54) is 36.5 Å². The highest BCUT2D eigenvalue weighted by Gasteiger charge is 2.30. The number of anilines is 1. The van der Waals surface area contributed by atoms with Crippen molar-refractivity contribution < 1.29 is 28.2 Å². The minimum Gasteiger partial charge on any atom is -0.490 e. The Hall–Kier alpha value is -1.95. The zero-order valence-corrected chi connectivity index (χ0v) is 22.2. The highest BCUT2D eigenvalue weighted by Crippen LogP contribution is 2.33. The van der Waals surface area contributed by atoms with Crippen molar-refractivity contribution in [3.63, 3.8) is 0 Å². The van der Waals surface area contributed by atoms with Crippen molar-refractivity contribution in [1.29, 1.82) is 0 Å². The van der Waals surface area contributed by atoms with Crippen LogP contribution in [-0.4, -0.2) is 43.4 Å². The second-order valence-electron chi connectivity index (χ2n) is 9.00. The third-order valence-corrected chi connectivity index (χ3v) is 5.97. The van der Waals surface area contributed by atoms with E-state index in [4.69, 9.17) is 14.2 Å². The molecule has 2 rings (SSSR count). The summed E-state index contributed by atoms with van der Waals surface area (Å²) in [6, 6.07) is 4.76. The van der Waals surface area contributed by atoms with Crippen LogP contribution < -0.4 is 9.64 Å². The summed E-state index contributed by atoms with van der Waals surface area (Å²) in [5, 5.41) is 0.315. The van der Waals surface area contributed by atoms with Crippen LogP contribution in [-0.2, 0) is 15.9 Å². The van der Waals surface area contributed by atoms with Crippen LogP contribution in [0.1, 0.15) is 50.0 Å². The van der Waals surface area contributed by atoms with Gasteiger partial charge in [0.05, 0.1) is 13.7 Å². The van der Waals surface area contributed by atoms with E-state index in [0.717, 1.165) is 3.57 Å². The molecule has 0 unspecified atom stereocenters. The summed E-state index contributed by atoms with van der Waals surface area (Å²) in [7, 11) is 2.81. The first-order chi connectivity index (χ1) is 14.7. The van der Waals surface area contributed by atoms with Crippen LogP contribution in [0.15, 0.2) is 18.2 Å². The first-order valence-electron chi connectivity index (χ1n) is 9.85. The molecule has 0 spiro atoms. The Balaban J connectivity index is 2.22. The maximum atomic E-state index is 14.1. The largest absolute Gasteiger partial charge is 0.490 e. The van der Waals surface area contributed by atoms with Crippen LogP contribution in [0, 0.1) is 14.8 Å². The van der Waals surface area contributed by atoms with Crippen molar-refractivity contribution >= 4 is 51.1 Å². The van der Waals surface area contributed by atoms with Gasteiger partial charge < -0.3 is 14.2 Å². The second-order valence-corrected chi connectivity index (χ2v) is 11.3. The average Bonchev–Trinajstić information content (AvgIpc) is 3.07. The lowest BCUT2D eigenvalue weighted by molar-refractivity contribution is 0.0575. The SMILES string of the molecule is COC(=O)c1nc(N(C)C(=O)OC(C)(C)C)sc1CC(C)(C)COc1ccc(I)cc1F. The molecule has 0 aliphatic heterocycles. The number of amides is 1. The van der Waals surface area contributed by atoms with Crippen LogP contribution in [0.25, 0.3) is 0 Å². The summed E-state index contributed by atoms with van der Waals surface area (Å²) >= 11 is 3.23. The van der Waals surface area contributed by atoms with Gasteiger partial charge in [-0.05, 0) is 68.0 Å². The highest BCUT2D eigenvalue weighted by atomic mass is 127. The molecule has 1 amide bonds. The average molecular weight is 578 g/mol. The number of aromatic nitrogens is 1. The highest BCUT2D eigenvalue weighted by molar-refractivity contribution is 14.1. The Morgan fingerprint density at radius 1 is 1.22 bits per heavy atom. The lowest BCUT2D eigenvalue weighted by atomic mass is 9.89. The molecule has 1 aromatic carbocycles. The number of ether oxygens (including phenoxy) is 3. The number of hydrogen-bond donors (Lipinski definition) is 0. The van der Waals surface area contributed by atoms with Crippen LogP contribution in [0.4, 0.5) is 14.3 Å². The Labute approximate surface area is 205 Å². The molecule has 0 bridgehead atoms. The third-order valence-electron chi connectivity index (χ3n) is 4.17. The van der Waals surface area contributed by atoms with E-state index in [9.17, 15) is 14.0 Å². The van der Waals surface area contributed by atoms with Gasteiger partial charge in [-0.2, -0.15) is 0 Å². The summed E-state index contributed by atoms with van der Waals surface area (Å²) in [6.45, 7) is 9.40. The fourth-order valence-electron chi connectivity index (χ4n) is 2.62. The number of halogens is 2. The van der Waals surface area contributed by atoms with Crippen LogP contribution in [0.3, 0.4) is 0 Å². The minimum atomic E-state index is -0.666. The molecule has 0 aliphatic rings. The van der Waals surface area contributed by atoms with Gasteiger partial charge in [0, 0.05) is 20.9 Å². The Kier molecular flexibility index (Phi) is 8.49. The van der Waals surface area contributed by atoms with Gasteiger partial charge in [-0.15, -0.1) is 11.3 Å². The molecule has 0 radical (unpaired) electrons. The maximum absolute atomic E-state index is 14.1. The van der Waals surface area contributed by atoms with Crippen molar-refractivity contribution in [1.82, 2.24) is 4.98 Å². The van der Waals surface area contributed by atoms with E-state index < -0.39 is 28.9 Å². The zero-order valence-electron chi connectivity index (χ0n) is 19.2. The molecular weight excluding hydrogens is 550 g/mol. The van der Waals surface area contributed by atoms with E-state index in [1.54, 1.807) is 32.9 Å². The molecule has 0 N–H and O–H groups in total. The first-order valence-corrected chi connectivity index (χ1v) is 11.7. The molecule has 1 heterocycles. The molecule has 0 fully saturated rings. The normalized spacial score (nSPS) is 11.8.